The fraction of sp³-hybridized carbons (Fsp3) is 0.133. The summed E-state index contributed by atoms with van der Waals surface area (Å²) in [6.45, 7) is 1.45. The summed E-state index contributed by atoms with van der Waals surface area (Å²) < 4.78 is 1.07. The van der Waals surface area contributed by atoms with Crippen LogP contribution in [0, 0.1) is 11.3 Å². The number of nitrogens with zero attached hydrogens (tertiary/aromatic N) is 1. The molecule has 0 saturated carbocycles. The first-order valence-corrected chi connectivity index (χ1v) is 7.00. The Morgan fingerprint density at radius 3 is 2.68 bits per heavy atom. The molecule has 0 amide bonds. The first-order valence-electron chi connectivity index (χ1n) is 5.83. The Labute approximate surface area is 126 Å². The van der Waals surface area contributed by atoms with E-state index in [0.29, 0.717) is 17.1 Å². The van der Waals surface area contributed by atoms with Gasteiger partial charge in [-0.3, -0.25) is 0 Å². The predicted molar refractivity (Wildman–Crippen MR) is 80.9 cm³/mol. The second-order valence-electron chi connectivity index (χ2n) is 4.15. The Morgan fingerprint density at radius 1 is 1.16 bits per heavy atom. The highest BCUT2D eigenvalue weighted by molar-refractivity contribution is 9.10. The minimum atomic E-state index is 0.584. The van der Waals surface area contributed by atoms with Crippen molar-refractivity contribution in [3.8, 4) is 6.07 Å². The zero-order chi connectivity index (χ0) is 13.7. The topological polar surface area (TPSA) is 35.8 Å². The fourth-order valence-electron chi connectivity index (χ4n) is 1.75. The summed E-state index contributed by atoms with van der Waals surface area (Å²) in [5.41, 5.74) is 2.79. The lowest BCUT2D eigenvalue weighted by molar-refractivity contribution is 0.693. The van der Waals surface area contributed by atoms with Crippen molar-refractivity contribution in [1.82, 2.24) is 5.32 Å². The monoisotopic (exact) mass is 334 g/mol. The van der Waals surface area contributed by atoms with E-state index in [-0.39, 0.29) is 0 Å². The fourth-order valence-corrected chi connectivity index (χ4v) is 2.44. The maximum Gasteiger partial charge on any atom is 0.0992 e. The maximum absolute atomic E-state index is 8.77. The van der Waals surface area contributed by atoms with Crippen LogP contribution in [-0.4, -0.2) is 0 Å². The molecule has 0 fully saturated rings. The van der Waals surface area contributed by atoms with Gasteiger partial charge >= 0.3 is 0 Å². The molecule has 1 N–H and O–H groups in total. The second-order valence-corrected chi connectivity index (χ2v) is 5.47. The smallest absolute Gasteiger partial charge is 0.0992 e. The van der Waals surface area contributed by atoms with E-state index in [1.807, 2.05) is 18.2 Å². The van der Waals surface area contributed by atoms with Gasteiger partial charge in [0.05, 0.1) is 11.6 Å². The maximum atomic E-state index is 8.77. The summed E-state index contributed by atoms with van der Waals surface area (Å²) >= 11 is 9.56. The highest BCUT2D eigenvalue weighted by Crippen LogP contribution is 2.17. The van der Waals surface area contributed by atoms with Crippen molar-refractivity contribution >= 4 is 27.5 Å². The number of nitrogens with one attached hydrogen (secondary N) is 1. The van der Waals surface area contributed by atoms with Crippen LogP contribution in [0.25, 0.3) is 0 Å². The SMILES string of the molecule is N#Cc1ccc(CNCc2cccc(Br)c2)c(Cl)c1. The molecule has 0 heterocycles. The molecule has 0 aliphatic carbocycles. The number of hydrogen-bond donors (Lipinski definition) is 1. The van der Waals surface area contributed by atoms with Gasteiger partial charge in [-0.25, -0.2) is 0 Å². The van der Waals surface area contributed by atoms with Gasteiger partial charge in [-0.15, -0.1) is 0 Å². The molecule has 19 heavy (non-hydrogen) atoms. The van der Waals surface area contributed by atoms with Gasteiger partial charge in [0, 0.05) is 22.6 Å². The number of rotatable bonds is 4. The molecule has 2 nitrogen and oxygen atoms in total. The van der Waals surface area contributed by atoms with Gasteiger partial charge in [0.2, 0.25) is 0 Å². The molecule has 0 atom stereocenters. The Hall–Kier alpha value is -1.34. The normalized spacial score (nSPS) is 10.2. The molecule has 2 rings (SSSR count). The summed E-state index contributed by atoms with van der Waals surface area (Å²) in [7, 11) is 0. The molecule has 0 bridgehead atoms. The van der Waals surface area contributed by atoms with E-state index in [9.17, 15) is 0 Å². The minimum absolute atomic E-state index is 0.584. The van der Waals surface area contributed by atoms with Gasteiger partial charge in [-0.1, -0.05) is 45.7 Å². The van der Waals surface area contributed by atoms with Crippen molar-refractivity contribution in [2.75, 3.05) is 0 Å². The molecular weight excluding hydrogens is 324 g/mol. The Kier molecular flexibility index (Phi) is 4.98. The van der Waals surface area contributed by atoms with Gasteiger partial charge in [-0.2, -0.15) is 5.26 Å². The summed E-state index contributed by atoms with van der Waals surface area (Å²) in [6, 6.07) is 15.6. The lowest BCUT2D eigenvalue weighted by atomic mass is 10.1. The molecule has 0 aliphatic rings. The molecule has 4 heteroatoms. The van der Waals surface area contributed by atoms with Gasteiger partial charge in [-0.05, 0) is 35.4 Å². The third kappa shape index (κ3) is 4.07. The molecule has 0 saturated heterocycles. The lowest BCUT2D eigenvalue weighted by Crippen LogP contribution is -2.13. The summed E-state index contributed by atoms with van der Waals surface area (Å²) in [4.78, 5) is 0. The highest BCUT2D eigenvalue weighted by atomic mass is 79.9. The standard InChI is InChI=1S/C15H12BrClN2/c16-14-3-1-2-12(6-14)9-19-10-13-5-4-11(8-18)7-15(13)17/h1-7,19H,9-10H2. The Balaban J connectivity index is 1.94. The van der Waals surface area contributed by atoms with Gasteiger partial charge in [0.15, 0.2) is 0 Å². The highest BCUT2D eigenvalue weighted by Gasteiger charge is 2.02. The predicted octanol–water partition coefficient (Wildman–Crippen LogP) is 4.26. The number of halogens is 2. The van der Waals surface area contributed by atoms with Crippen molar-refractivity contribution in [3.63, 3.8) is 0 Å². The van der Waals surface area contributed by atoms with E-state index < -0.39 is 0 Å². The second kappa shape index (κ2) is 6.72. The van der Waals surface area contributed by atoms with Crippen LogP contribution in [0.15, 0.2) is 46.9 Å². The molecule has 0 radical (unpaired) electrons. The molecule has 2 aromatic rings. The van der Waals surface area contributed by atoms with Crippen molar-refractivity contribution in [2.24, 2.45) is 0 Å². The average molecular weight is 336 g/mol. The van der Waals surface area contributed by atoms with Crippen molar-refractivity contribution < 1.29 is 0 Å². The van der Waals surface area contributed by atoms with Gasteiger partial charge in [0.1, 0.15) is 0 Å². The summed E-state index contributed by atoms with van der Waals surface area (Å²) in [5, 5.41) is 12.7. The van der Waals surface area contributed by atoms with Crippen molar-refractivity contribution in [1.29, 1.82) is 5.26 Å². The molecule has 2 aromatic carbocycles. The third-order valence-electron chi connectivity index (χ3n) is 2.72. The van der Waals surface area contributed by atoms with Crippen LogP contribution < -0.4 is 5.32 Å². The van der Waals surface area contributed by atoms with E-state index in [1.165, 1.54) is 5.56 Å². The first-order chi connectivity index (χ1) is 9.19. The largest absolute Gasteiger partial charge is 0.309 e. The average Bonchev–Trinajstić information content (AvgIpc) is 2.40. The van der Waals surface area contributed by atoms with Crippen LogP contribution in [0.1, 0.15) is 16.7 Å². The van der Waals surface area contributed by atoms with Gasteiger partial charge < -0.3 is 5.32 Å². The van der Waals surface area contributed by atoms with E-state index in [1.54, 1.807) is 12.1 Å². The summed E-state index contributed by atoms with van der Waals surface area (Å²) in [5.74, 6) is 0. The van der Waals surface area contributed by atoms with Gasteiger partial charge in [0.25, 0.3) is 0 Å². The van der Waals surface area contributed by atoms with E-state index in [0.717, 1.165) is 16.6 Å². The molecular formula is C15H12BrClN2. The minimum Gasteiger partial charge on any atom is -0.309 e. The van der Waals surface area contributed by atoms with Crippen LogP contribution in [0.2, 0.25) is 5.02 Å². The van der Waals surface area contributed by atoms with E-state index in [2.05, 4.69) is 39.4 Å². The van der Waals surface area contributed by atoms with E-state index in [4.69, 9.17) is 16.9 Å². The van der Waals surface area contributed by atoms with Crippen LogP contribution in [0.5, 0.6) is 0 Å². The Morgan fingerprint density at radius 2 is 2.00 bits per heavy atom. The molecule has 0 spiro atoms. The van der Waals surface area contributed by atoms with Crippen molar-refractivity contribution in [3.05, 3.63) is 68.7 Å². The zero-order valence-electron chi connectivity index (χ0n) is 10.2. The van der Waals surface area contributed by atoms with Crippen LogP contribution in [-0.2, 0) is 13.1 Å². The third-order valence-corrected chi connectivity index (χ3v) is 3.56. The molecule has 0 aliphatic heterocycles. The van der Waals surface area contributed by atoms with Crippen LogP contribution >= 0.6 is 27.5 Å². The number of benzene rings is 2. The number of nitriles is 1. The Bertz CT molecular complexity index is 620. The van der Waals surface area contributed by atoms with Crippen molar-refractivity contribution in [2.45, 2.75) is 13.1 Å². The van der Waals surface area contributed by atoms with Crippen LogP contribution in [0.3, 0.4) is 0 Å². The molecule has 0 aromatic heterocycles. The lowest BCUT2D eigenvalue weighted by Gasteiger charge is -2.07. The zero-order valence-corrected chi connectivity index (χ0v) is 12.5. The van der Waals surface area contributed by atoms with E-state index >= 15 is 0 Å². The summed E-state index contributed by atoms with van der Waals surface area (Å²) in [6.07, 6.45) is 0. The van der Waals surface area contributed by atoms with Crippen LogP contribution in [0.4, 0.5) is 0 Å². The quantitative estimate of drug-likeness (QED) is 0.906. The number of hydrogen-bond acceptors (Lipinski definition) is 2. The first kappa shape index (κ1) is 14.1. The molecule has 0 unspecified atom stereocenters. The molecule has 96 valence electrons.